The van der Waals surface area contributed by atoms with Crippen LogP contribution in [0, 0.1) is 11.5 Å². The van der Waals surface area contributed by atoms with Crippen molar-refractivity contribution in [1.82, 2.24) is 5.32 Å². The Bertz CT molecular complexity index is 818. The first-order chi connectivity index (χ1) is 10.3. The van der Waals surface area contributed by atoms with Gasteiger partial charge in [0, 0.05) is 11.8 Å². The van der Waals surface area contributed by atoms with Crippen molar-refractivity contribution in [2.45, 2.75) is 0 Å². The number of carbonyl (C=O) groups is 1. The van der Waals surface area contributed by atoms with Gasteiger partial charge < -0.3 is 5.32 Å². The lowest BCUT2D eigenvalue weighted by molar-refractivity contribution is -0.116. The second-order valence-corrected chi connectivity index (χ2v) is 5.44. The normalized spacial score (nSPS) is 17.0. The number of benzene rings is 2. The summed E-state index contributed by atoms with van der Waals surface area (Å²) < 4.78 is 0. The fourth-order valence-corrected chi connectivity index (χ4v) is 3.11. The van der Waals surface area contributed by atoms with Gasteiger partial charge in [0.1, 0.15) is 0 Å². The minimum Gasteiger partial charge on any atom is -0.342 e. The zero-order valence-electron chi connectivity index (χ0n) is 11.0. The lowest BCUT2D eigenvalue weighted by atomic mass is 10.0. The van der Waals surface area contributed by atoms with E-state index < -0.39 is 0 Å². The van der Waals surface area contributed by atoms with E-state index in [1.807, 2.05) is 42.5 Å². The van der Waals surface area contributed by atoms with Crippen LogP contribution in [0.1, 0.15) is 5.56 Å². The minimum absolute atomic E-state index is 0.118. The van der Waals surface area contributed by atoms with Crippen molar-refractivity contribution in [3.63, 3.8) is 0 Å². The Kier molecular flexibility index (Phi) is 3.71. The van der Waals surface area contributed by atoms with Crippen LogP contribution in [0.4, 0.5) is 0 Å². The first kappa shape index (κ1) is 13.4. The van der Waals surface area contributed by atoms with Gasteiger partial charge in [0.05, 0.1) is 10.8 Å². The molecule has 5 heteroatoms. The van der Waals surface area contributed by atoms with Crippen molar-refractivity contribution < 1.29 is 4.79 Å². The molecule has 4 nitrogen and oxygen atoms in total. The van der Waals surface area contributed by atoms with Crippen molar-refractivity contribution in [1.29, 1.82) is 5.26 Å². The van der Waals surface area contributed by atoms with Gasteiger partial charge in [0.2, 0.25) is 6.19 Å². The van der Waals surface area contributed by atoms with E-state index in [-0.39, 0.29) is 5.91 Å². The van der Waals surface area contributed by atoms with E-state index in [9.17, 15) is 4.79 Å². The number of nitrogens with zero attached hydrogens (tertiary/aromatic N) is 2. The van der Waals surface area contributed by atoms with E-state index in [0.717, 1.165) is 16.3 Å². The summed E-state index contributed by atoms with van der Waals surface area (Å²) >= 11 is 1.43. The second kappa shape index (κ2) is 5.81. The highest BCUT2D eigenvalue weighted by atomic mass is 32.2. The highest BCUT2D eigenvalue weighted by molar-refractivity contribution is 8.04. The van der Waals surface area contributed by atoms with Crippen molar-refractivity contribution in [2.24, 2.45) is 4.99 Å². The zero-order valence-corrected chi connectivity index (χ0v) is 11.9. The summed E-state index contributed by atoms with van der Waals surface area (Å²) in [6.07, 6.45) is 3.19. The van der Waals surface area contributed by atoms with Crippen LogP contribution in [0.5, 0.6) is 0 Å². The Morgan fingerprint density at radius 2 is 2.10 bits per heavy atom. The van der Waals surface area contributed by atoms with Gasteiger partial charge in [-0.3, -0.25) is 4.79 Å². The summed E-state index contributed by atoms with van der Waals surface area (Å²) in [5, 5.41) is 13.6. The predicted octanol–water partition coefficient (Wildman–Crippen LogP) is 2.92. The monoisotopic (exact) mass is 293 g/mol. The van der Waals surface area contributed by atoms with Crippen LogP contribution in [0.15, 0.2) is 52.4 Å². The van der Waals surface area contributed by atoms with E-state index in [1.54, 1.807) is 6.19 Å². The van der Waals surface area contributed by atoms with Crippen LogP contribution in [0.25, 0.3) is 16.3 Å². The third-order valence-corrected chi connectivity index (χ3v) is 4.19. The number of rotatable bonds is 2. The number of hydrogen-bond acceptors (Lipinski definition) is 4. The topological polar surface area (TPSA) is 65.2 Å². The molecule has 1 aliphatic heterocycles. The summed E-state index contributed by atoms with van der Waals surface area (Å²) in [5.74, 6) is 0.429. The number of nitriles is 1. The minimum atomic E-state index is -0.118. The summed E-state index contributed by atoms with van der Waals surface area (Å²) in [4.78, 5) is 16.1. The van der Waals surface area contributed by atoms with Crippen molar-refractivity contribution in [2.75, 3.05) is 5.88 Å². The molecule has 1 fully saturated rings. The molecule has 102 valence electrons. The molecule has 0 bridgehead atoms. The van der Waals surface area contributed by atoms with Gasteiger partial charge >= 0.3 is 0 Å². The molecule has 21 heavy (non-hydrogen) atoms. The van der Waals surface area contributed by atoms with Crippen molar-refractivity contribution in [3.8, 4) is 6.19 Å². The quantitative estimate of drug-likeness (QED) is 0.526. The van der Waals surface area contributed by atoms with E-state index in [1.165, 1.54) is 18.0 Å². The Labute approximate surface area is 126 Å². The first-order valence-corrected chi connectivity index (χ1v) is 7.35. The van der Waals surface area contributed by atoms with Crippen LogP contribution >= 0.6 is 11.8 Å². The average molecular weight is 293 g/mol. The maximum Gasteiger partial charge on any atom is 0.259 e. The molecule has 0 atom stereocenters. The van der Waals surface area contributed by atoms with Gasteiger partial charge in [-0.25, -0.2) is 0 Å². The lowest BCUT2D eigenvalue weighted by Crippen LogP contribution is -2.15. The highest BCUT2D eigenvalue weighted by Crippen LogP contribution is 2.30. The van der Waals surface area contributed by atoms with Crippen LogP contribution < -0.4 is 5.32 Å². The second-order valence-electron chi connectivity index (χ2n) is 4.46. The fourth-order valence-electron chi connectivity index (χ4n) is 2.23. The van der Waals surface area contributed by atoms with Gasteiger partial charge in [-0.05, 0) is 22.4 Å². The maximum atomic E-state index is 11.9. The number of thioether (sulfide) groups is 1. The van der Waals surface area contributed by atoms with Gasteiger partial charge in [-0.15, -0.1) is 0 Å². The Morgan fingerprint density at radius 1 is 1.29 bits per heavy atom. The molecule has 2 aromatic rings. The molecule has 0 aliphatic carbocycles. The summed E-state index contributed by atoms with van der Waals surface area (Å²) in [5.41, 5.74) is 1.56. The summed E-state index contributed by atoms with van der Waals surface area (Å²) in [6.45, 7) is 0. The predicted molar refractivity (Wildman–Crippen MR) is 85.6 cm³/mol. The van der Waals surface area contributed by atoms with Crippen molar-refractivity contribution >= 4 is 40.2 Å². The molecular weight excluding hydrogens is 282 g/mol. The van der Waals surface area contributed by atoms with E-state index in [2.05, 4.69) is 10.3 Å². The van der Waals surface area contributed by atoms with E-state index in [0.29, 0.717) is 16.4 Å². The molecule has 0 saturated carbocycles. The van der Waals surface area contributed by atoms with Gasteiger partial charge in [-0.1, -0.05) is 48.2 Å². The molecule has 1 aliphatic rings. The molecule has 2 aromatic carbocycles. The third kappa shape index (κ3) is 2.67. The Morgan fingerprint density at radius 3 is 2.81 bits per heavy atom. The number of fused-ring (bicyclic) bond motifs is 1. The van der Waals surface area contributed by atoms with Crippen molar-refractivity contribution in [3.05, 3.63) is 52.9 Å². The van der Waals surface area contributed by atoms with E-state index in [4.69, 9.17) is 5.26 Å². The molecule has 0 unspecified atom stereocenters. The number of aliphatic imine (C=N–C) groups is 1. The van der Waals surface area contributed by atoms with Gasteiger partial charge in [-0.2, -0.15) is 10.3 Å². The van der Waals surface area contributed by atoms with Gasteiger partial charge in [0.25, 0.3) is 5.91 Å². The van der Waals surface area contributed by atoms with Gasteiger partial charge in [0.15, 0.2) is 0 Å². The number of hydrogen-bond donors (Lipinski definition) is 1. The molecule has 0 aromatic heterocycles. The summed E-state index contributed by atoms with van der Waals surface area (Å²) in [6, 6.07) is 14.0. The largest absolute Gasteiger partial charge is 0.342 e. The SMILES string of the molecule is N#CN=CC(=C1SCNC1=O)c1ccc2ccccc2c1. The smallest absolute Gasteiger partial charge is 0.259 e. The lowest BCUT2D eigenvalue weighted by Gasteiger charge is -2.06. The van der Waals surface area contributed by atoms with Crippen LogP contribution in [0.3, 0.4) is 0 Å². The number of nitrogens with one attached hydrogen (secondary N) is 1. The number of amides is 1. The summed E-state index contributed by atoms with van der Waals surface area (Å²) in [7, 11) is 0. The molecule has 1 heterocycles. The Hall–Kier alpha value is -2.58. The van der Waals surface area contributed by atoms with E-state index >= 15 is 0 Å². The third-order valence-electron chi connectivity index (χ3n) is 3.21. The average Bonchev–Trinajstić information content (AvgIpc) is 2.94. The fraction of sp³-hybridized carbons (Fsp3) is 0.0625. The number of carbonyl (C=O) groups excluding carboxylic acids is 1. The molecule has 1 amide bonds. The van der Waals surface area contributed by atoms with Crippen LogP contribution in [-0.2, 0) is 4.79 Å². The molecule has 1 saturated heterocycles. The Balaban J connectivity index is 2.17. The van der Waals surface area contributed by atoms with Crippen LogP contribution in [0.2, 0.25) is 0 Å². The number of allylic oxidation sites excluding steroid dienone is 1. The molecule has 3 rings (SSSR count). The molecule has 0 spiro atoms. The highest BCUT2D eigenvalue weighted by Gasteiger charge is 2.22. The zero-order chi connectivity index (χ0) is 14.7. The standard InChI is InChI=1S/C16H11N3OS/c17-9-18-8-14(15-16(20)19-10-21-15)13-6-5-11-3-1-2-4-12(11)7-13/h1-8H,10H2,(H,19,20). The molecule has 0 radical (unpaired) electrons. The molecular formula is C16H11N3OS. The maximum absolute atomic E-state index is 11.9. The van der Waals surface area contributed by atoms with Crippen LogP contribution in [-0.4, -0.2) is 18.0 Å². The molecule has 1 N–H and O–H groups in total. The first-order valence-electron chi connectivity index (χ1n) is 6.36.